The molecule has 3 nitrogen and oxygen atoms in total. The fourth-order valence-corrected chi connectivity index (χ4v) is 3.05. The third kappa shape index (κ3) is 2.61. The lowest BCUT2D eigenvalue weighted by molar-refractivity contribution is 0.0970. The van der Waals surface area contributed by atoms with Crippen molar-refractivity contribution >= 4 is 27.5 Å². The number of benzene rings is 2. The highest BCUT2D eigenvalue weighted by Gasteiger charge is 2.29. The van der Waals surface area contributed by atoms with Gasteiger partial charge in [-0.3, -0.25) is 4.79 Å². The van der Waals surface area contributed by atoms with Crippen molar-refractivity contribution in [2.45, 2.75) is 19.4 Å². The summed E-state index contributed by atoms with van der Waals surface area (Å²) in [4.78, 5) is 14.5. The third-order valence-electron chi connectivity index (χ3n) is 3.86. The van der Waals surface area contributed by atoms with Crippen LogP contribution >= 0.6 is 15.9 Å². The maximum atomic E-state index is 12.8. The topological polar surface area (TPSA) is 40.5 Å². The number of anilines is 1. The Hall–Kier alpha value is -1.65. The zero-order valence-corrected chi connectivity index (χ0v) is 13.3. The zero-order valence-electron chi connectivity index (χ0n) is 11.7. The molecule has 1 amide bonds. The molecule has 0 radical (unpaired) electrons. The van der Waals surface area contributed by atoms with E-state index < -0.39 is 6.10 Å². The van der Waals surface area contributed by atoms with Crippen LogP contribution in [0.5, 0.6) is 0 Å². The van der Waals surface area contributed by atoms with Gasteiger partial charge in [0.25, 0.3) is 5.91 Å². The second-order valence-electron chi connectivity index (χ2n) is 5.28. The van der Waals surface area contributed by atoms with Gasteiger partial charge >= 0.3 is 0 Å². The van der Waals surface area contributed by atoms with E-state index in [1.165, 1.54) is 0 Å². The first-order chi connectivity index (χ1) is 10.1. The molecule has 1 aliphatic heterocycles. The maximum absolute atomic E-state index is 12.8. The molecular formula is C17H16BrNO2. The Labute approximate surface area is 132 Å². The minimum absolute atomic E-state index is 0.0232. The molecule has 0 aromatic heterocycles. The predicted octanol–water partition coefficient (Wildman–Crippen LogP) is 3.84. The summed E-state index contributed by atoms with van der Waals surface area (Å²) in [5, 5.41) is 10.1. The van der Waals surface area contributed by atoms with Crippen LogP contribution in [-0.2, 0) is 0 Å². The number of amides is 1. The molecule has 1 unspecified atom stereocenters. The molecule has 1 aliphatic rings. The number of carbonyl (C=O) groups is 1. The molecule has 0 saturated carbocycles. The van der Waals surface area contributed by atoms with Gasteiger partial charge in [0, 0.05) is 22.1 Å². The number of hydrogen-bond donors (Lipinski definition) is 1. The summed E-state index contributed by atoms with van der Waals surface area (Å²) >= 11 is 3.38. The fourth-order valence-electron chi connectivity index (χ4n) is 2.79. The van der Waals surface area contributed by atoms with E-state index in [9.17, 15) is 9.90 Å². The number of carbonyl (C=O) groups excluding carboxylic acids is 1. The largest absolute Gasteiger partial charge is 0.388 e. The molecule has 108 valence electrons. The van der Waals surface area contributed by atoms with Crippen molar-refractivity contribution in [3.05, 3.63) is 63.6 Å². The Morgan fingerprint density at radius 1 is 1.24 bits per heavy atom. The van der Waals surface area contributed by atoms with E-state index in [-0.39, 0.29) is 5.91 Å². The number of aryl methyl sites for hydroxylation is 1. The van der Waals surface area contributed by atoms with Gasteiger partial charge in [-0.1, -0.05) is 34.1 Å². The SMILES string of the molecule is Cc1cccc2c1N(C(=O)c1ccc(Br)cc1)CCC2O. The summed E-state index contributed by atoms with van der Waals surface area (Å²) in [6.45, 7) is 2.51. The molecule has 4 heteroatoms. The molecule has 0 fully saturated rings. The smallest absolute Gasteiger partial charge is 0.258 e. The van der Waals surface area contributed by atoms with Gasteiger partial charge in [0.15, 0.2) is 0 Å². The monoisotopic (exact) mass is 345 g/mol. The summed E-state index contributed by atoms with van der Waals surface area (Å²) in [5.41, 5.74) is 3.36. The van der Waals surface area contributed by atoms with Crippen molar-refractivity contribution in [1.82, 2.24) is 0 Å². The van der Waals surface area contributed by atoms with E-state index in [2.05, 4.69) is 15.9 Å². The van der Waals surface area contributed by atoms with Crippen LogP contribution in [0.15, 0.2) is 46.9 Å². The Balaban J connectivity index is 2.03. The first kappa shape index (κ1) is 14.3. The molecular weight excluding hydrogens is 330 g/mol. The van der Waals surface area contributed by atoms with Gasteiger partial charge in [0.1, 0.15) is 0 Å². The van der Waals surface area contributed by atoms with Gasteiger partial charge in [-0.25, -0.2) is 0 Å². The van der Waals surface area contributed by atoms with Gasteiger partial charge in [0.05, 0.1) is 11.8 Å². The predicted molar refractivity (Wildman–Crippen MR) is 86.6 cm³/mol. The van der Waals surface area contributed by atoms with Crippen LogP contribution in [0.3, 0.4) is 0 Å². The van der Waals surface area contributed by atoms with Crippen LogP contribution in [0.2, 0.25) is 0 Å². The molecule has 0 saturated heterocycles. The van der Waals surface area contributed by atoms with E-state index in [1.807, 2.05) is 49.4 Å². The van der Waals surface area contributed by atoms with Crippen molar-refractivity contribution in [3.63, 3.8) is 0 Å². The molecule has 1 N–H and O–H groups in total. The maximum Gasteiger partial charge on any atom is 0.258 e. The summed E-state index contributed by atoms with van der Waals surface area (Å²) in [5.74, 6) is -0.0232. The molecule has 1 heterocycles. The highest BCUT2D eigenvalue weighted by atomic mass is 79.9. The van der Waals surface area contributed by atoms with Crippen LogP contribution < -0.4 is 4.90 Å². The third-order valence-corrected chi connectivity index (χ3v) is 4.39. The Bertz CT molecular complexity index is 682. The first-order valence-corrected chi connectivity index (χ1v) is 7.72. The van der Waals surface area contributed by atoms with Gasteiger partial charge in [-0.15, -0.1) is 0 Å². The summed E-state index contributed by atoms with van der Waals surface area (Å²) in [6.07, 6.45) is 0.0764. The number of aliphatic hydroxyl groups excluding tert-OH is 1. The molecule has 0 bridgehead atoms. The minimum atomic E-state index is -0.492. The number of hydrogen-bond acceptors (Lipinski definition) is 2. The number of halogens is 1. The second-order valence-corrected chi connectivity index (χ2v) is 6.20. The fraction of sp³-hybridized carbons (Fsp3) is 0.235. The highest BCUT2D eigenvalue weighted by Crippen LogP contribution is 2.36. The van der Waals surface area contributed by atoms with Crippen molar-refractivity contribution in [3.8, 4) is 0 Å². The normalized spacial score (nSPS) is 17.5. The lowest BCUT2D eigenvalue weighted by Gasteiger charge is -2.33. The molecule has 2 aromatic carbocycles. The zero-order chi connectivity index (χ0) is 15.0. The Morgan fingerprint density at radius 3 is 2.67 bits per heavy atom. The summed E-state index contributed by atoms with van der Waals surface area (Å²) in [7, 11) is 0. The van der Waals surface area contributed by atoms with Gasteiger partial charge in [-0.05, 0) is 43.2 Å². The molecule has 2 aromatic rings. The highest BCUT2D eigenvalue weighted by molar-refractivity contribution is 9.10. The number of aliphatic hydroxyl groups is 1. The summed E-state index contributed by atoms with van der Waals surface area (Å²) < 4.78 is 0.949. The second kappa shape index (κ2) is 5.62. The lowest BCUT2D eigenvalue weighted by atomic mass is 9.95. The van der Waals surface area contributed by atoms with Gasteiger partial charge < -0.3 is 10.0 Å². The van der Waals surface area contributed by atoms with Gasteiger partial charge in [0.2, 0.25) is 0 Å². The quantitative estimate of drug-likeness (QED) is 0.852. The Morgan fingerprint density at radius 2 is 1.95 bits per heavy atom. The van der Waals surface area contributed by atoms with Crippen LogP contribution in [0.4, 0.5) is 5.69 Å². The van der Waals surface area contributed by atoms with Crippen LogP contribution in [0, 0.1) is 6.92 Å². The average molecular weight is 346 g/mol. The van der Waals surface area contributed by atoms with E-state index in [4.69, 9.17) is 0 Å². The number of rotatable bonds is 1. The lowest BCUT2D eigenvalue weighted by Crippen LogP contribution is -2.37. The number of para-hydroxylation sites is 1. The van der Waals surface area contributed by atoms with E-state index in [1.54, 1.807) is 4.90 Å². The molecule has 1 atom stereocenters. The van der Waals surface area contributed by atoms with E-state index in [0.29, 0.717) is 18.5 Å². The van der Waals surface area contributed by atoms with Crippen molar-refractivity contribution in [2.24, 2.45) is 0 Å². The molecule has 0 spiro atoms. The van der Waals surface area contributed by atoms with Crippen LogP contribution in [0.25, 0.3) is 0 Å². The number of nitrogens with zero attached hydrogens (tertiary/aromatic N) is 1. The molecule has 3 rings (SSSR count). The van der Waals surface area contributed by atoms with Crippen molar-refractivity contribution in [2.75, 3.05) is 11.4 Å². The average Bonchev–Trinajstić information content (AvgIpc) is 2.49. The molecule has 0 aliphatic carbocycles. The minimum Gasteiger partial charge on any atom is -0.388 e. The molecule has 21 heavy (non-hydrogen) atoms. The summed E-state index contributed by atoms with van der Waals surface area (Å²) in [6, 6.07) is 13.2. The van der Waals surface area contributed by atoms with Crippen molar-refractivity contribution < 1.29 is 9.90 Å². The van der Waals surface area contributed by atoms with Crippen molar-refractivity contribution in [1.29, 1.82) is 0 Å². The Kier molecular flexibility index (Phi) is 3.83. The van der Waals surface area contributed by atoms with Crippen LogP contribution in [-0.4, -0.2) is 17.6 Å². The van der Waals surface area contributed by atoms with Crippen LogP contribution in [0.1, 0.15) is 34.0 Å². The van der Waals surface area contributed by atoms with E-state index in [0.717, 1.165) is 21.3 Å². The first-order valence-electron chi connectivity index (χ1n) is 6.93. The van der Waals surface area contributed by atoms with Gasteiger partial charge in [-0.2, -0.15) is 0 Å². The van der Waals surface area contributed by atoms with E-state index >= 15 is 0 Å². The number of fused-ring (bicyclic) bond motifs is 1. The standard InChI is InChI=1S/C17H16BrNO2/c1-11-3-2-4-14-15(20)9-10-19(16(11)14)17(21)12-5-7-13(18)8-6-12/h2-8,15,20H,9-10H2,1H3.